The number of hydrogen-bond acceptors (Lipinski definition) is 4. The molecule has 0 bridgehead atoms. The number of rotatable bonds is 7. The van der Waals surface area contributed by atoms with Gasteiger partial charge in [-0.3, -0.25) is 9.88 Å². The van der Waals surface area contributed by atoms with Crippen LogP contribution in [0.5, 0.6) is 5.75 Å². The number of nitrogens with zero attached hydrogens (tertiary/aromatic N) is 2. The summed E-state index contributed by atoms with van der Waals surface area (Å²) in [5.41, 5.74) is 2.17. The summed E-state index contributed by atoms with van der Waals surface area (Å²) in [4.78, 5) is 6.57. The van der Waals surface area contributed by atoms with Gasteiger partial charge in [-0.25, -0.2) is 8.78 Å². The van der Waals surface area contributed by atoms with Gasteiger partial charge in [0.25, 0.3) is 0 Å². The minimum absolute atomic E-state index is 0.0822. The zero-order valence-electron chi connectivity index (χ0n) is 19.4. The summed E-state index contributed by atoms with van der Waals surface area (Å²) in [6.45, 7) is 2.28. The summed E-state index contributed by atoms with van der Waals surface area (Å²) in [6, 6.07) is 13.4. The molecule has 0 saturated carbocycles. The van der Waals surface area contributed by atoms with E-state index in [1.54, 1.807) is 31.5 Å². The maximum absolute atomic E-state index is 15.3. The van der Waals surface area contributed by atoms with E-state index in [9.17, 15) is 9.50 Å². The van der Waals surface area contributed by atoms with Crippen LogP contribution in [0.25, 0.3) is 10.9 Å². The molecule has 6 heteroatoms. The van der Waals surface area contributed by atoms with Gasteiger partial charge in [0.15, 0.2) is 0 Å². The van der Waals surface area contributed by atoms with Crippen LogP contribution in [0.3, 0.4) is 0 Å². The molecule has 1 aromatic heterocycles. The SMILES string of the molecule is COc1ccc2nccc(C(F)CC[C@@H]3CCN(CC#Cc4ccc(F)cc4)C[C@@H]3CO)c2c1. The molecule has 0 radical (unpaired) electrons. The molecule has 1 unspecified atom stereocenters. The number of likely N-dealkylation sites (tertiary alicyclic amines) is 1. The van der Waals surface area contributed by atoms with Crippen molar-refractivity contribution in [3.8, 4) is 17.6 Å². The van der Waals surface area contributed by atoms with E-state index >= 15 is 4.39 Å². The third-order valence-electron chi connectivity index (χ3n) is 6.70. The number of hydrogen-bond donors (Lipinski definition) is 1. The van der Waals surface area contributed by atoms with Gasteiger partial charge in [-0.15, -0.1) is 0 Å². The van der Waals surface area contributed by atoms with Gasteiger partial charge in [0.1, 0.15) is 17.7 Å². The first-order valence-electron chi connectivity index (χ1n) is 11.7. The van der Waals surface area contributed by atoms with Crippen molar-refractivity contribution < 1.29 is 18.6 Å². The molecule has 4 nitrogen and oxygen atoms in total. The fourth-order valence-corrected chi connectivity index (χ4v) is 4.74. The van der Waals surface area contributed by atoms with Crippen LogP contribution in [-0.2, 0) is 0 Å². The summed E-state index contributed by atoms with van der Waals surface area (Å²) in [5.74, 6) is 6.99. The van der Waals surface area contributed by atoms with E-state index in [4.69, 9.17) is 4.74 Å². The van der Waals surface area contributed by atoms with Gasteiger partial charge < -0.3 is 9.84 Å². The van der Waals surface area contributed by atoms with Crippen LogP contribution in [0.2, 0.25) is 0 Å². The fourth-order valence-electron chi connectivity index (χ4n) is 4.74. The molecule has 4 rings (SSSR count). The zero-order chi connectivity index (χ0) is 23.9. The third kappa shape index (κ3) is 5.91. The fraction of sp³-hybridized carbons (Fsp3) is 0.393. The Morgan fingerprint density at radius 3 is 2.76 bits per heavy atom. The first-order chi connectivity index (χ1) is 16.6. The lowest BCUT2D eigenvalue weighted by Crippen LogP contribution is -2.42. The molecule has 1 saturated heterocycles. The van der Waals surface area contributed by atoms with E-state index in [1.165, 1.54) is 12.1 Å². The largest absolute Gasteiger partial charge is 0.497 e. The van der Waals surface area contributed by atoms with Crippen molar-refractivity contribution in [2.75, 3.05) is 33.4 Å². The number of fused-ring (bicyclic) bond motifs is 1. The molecule has 1 aliphatic heterocycles. The molecule has 1 fully saturated rings. The predicted molar refractivity (Wildman–Crippen MR) is 130 cm³/mol. The molecule has 3 atom stereocenters. The Balaban J connectivity index is 1.33. The number of aliphatic hydroxyl groups is 1. The molecule has 1 aliphatic rings. The van der Waals surface area contributed by atoms with Crippen LogP contribution in [0.1, 0.15) is 36.6 Å². The number of halogens is 2. The Morgan fingerprint density at radius 2 is 2.00 bits per heavy atom. The zero-order valence-corrected chi connectivity index (χ0v) is 19.4. The van der Waals surface area contributed by atoms with Crippen molar-refractivity contribution in [3.05, 3.63) is 71.7 Å². The van der Waals surface area contributed by atoms with E-state index in [-0.39, 0.29) is 24.3 Å². The molecular weight excluding hydrogens is 434 g/mol. The van der Waals surface area contributed by atoms with Gasteiger partial charge in [0, 0.05) is 30.3 Å². The second-order valence-electron chi connectivity index (χ2n) is 8.86. The van der Waals surface area contributed by atoms with Crippen LogP contribution in [-0.4, -0.2) is 48.3 Å². The molecular formula is C28H30F2N2O2. The first kappa shape index (κ1) is 24.1. The van der Waals surface area contributed by atoms with Crippen LogP contribution in [0, 0.1) is 29.5 Å². The standard InChI is InChI=1S/C28H30F2N2O2/c1-34-24-9-11-28-26(17-24)25(12-14-31-28)27(30)10-6-21-13-16-32(18-22(21)19-33)15-2-3-20-4-7-23(29)8-5-20/h4-5,7-9,11-12,14,17,21-22,27,33H,6,10,13,15-16,18-19H2,1H3/t21-,22-,27?/m1/s1. The summed E-state index contributed by atoms with van der Waals surface area (Å²) in [7, 11) is 1.60. The maximum Gasteiger partial charge on any atom is 0.126 e. The predicted octanol–water partition coefficient (Wildman–Crippen LogP) is 5.16. The van der Waals surface area contributed by atoms with Crippen molar-refractivity contribution in [1.29, 1.82) is 0 Å². The van der Waals surface area contributed by atoms with E-state index in [0.717, 1.165) is 42.4 Å². The number of aromatic nitrogens is 1. The quantitative estimate of drug-likeness (QED) is 0.491. The highest BCUT2D eigenvalue weighted by Crippen LogP contribution is 2.35. The average Bonchev–Trinajstić information content (AvgIpc) is 2.88. The third-order valence-corrected chi connectivity index (χ3v) is 6.70. The molecule has 0 amide bonds. The number of ether oxygens (including phenoxy) is 1. The topological polar surface area (TPSA) is 45.6 Å². The highest BCUT2D eigenvalue weighted by atomic mass is 19.1. The van der Waals surface area contributed by atoms with E-state index in [0.29, 0.717) is 24.3 Å². The Bertz CT molecular complexity index is 1160. The Labute approximate surface area is 199 Å². The number of piperidine rings is 1. The number of methoxy groups -OCH3 is 1. The summed E-state index contributed by atoms with van der Waals surface area (Å²) < 4.78 is 33.7. The van der Waals surface area contributed by atoms with E-state index < -0.39 is 6.17 Å². The van der Waals surface area contributed by atoms with Gasteiger partial charge >= 0.3 is 0 Å². The number of benzene rings is 2. The summed E-state index contributed by atoms with van der Waals surface area (Å²) >= 11 is 0. The van der Waals surface area contributed by atoms with Crippen molar-refractivity contribution in [3.63, 3.8) is 0 Å². The van der Waals surface area contributed by atoms with Gasteiger partial charge in [-0.2, -0.15) is 0 Å². The lowest BCUT2D eigenvalue weighted by atomic mass is 9.81. The van der Waals surface area contributed by atoms with Gasteiger partial charge in [0.2, 0.25) is 0 Å². The van der Waals surface area contributed by atoms with Crippen LogP contribution in [0.15, 0.2) is 54.7 Å². The number of aliphatic hydroxyl groups excluding tert-OH is 1. The number of pyridine rings is 1. The Hall–Kier alpha value is -3.01. The van der Waals surface area contributed by atoms with E-state index in [2.05, 4.69) is 21.7 Å². The first-order valence-corrected chi connectivity index (χ1v) is 11.7. The van der Waals surface area contributed by atoms with Crippen molar-refractivity contribution in [2.45, 2.75) is 25.4 Å². The molecule has 178 valence electrons. The lowest BCUT2D eigenvalue weighted by Gasteiger charge is -2.37. The molecule has 1 N–H and O–H groups in total. The normalized spacial score (nSPS) is 19.4. The molecule has 2 aromatic carbocycles. The van der Waals surface area contributed by atoms with Crippen LogP contribution in [0.4, 0.5) is 8.78 Å². The number of alkyl halides is 1. The molecule has 3 aromatic rings. The van der Waals surface area contributed by atoms with Crippen molar-refractivity contribution >= 4 is 10.9 Å². The Kier molecular flexibility index (Phi) is 8.10. The highest BCUT2D eigenvalue weighted by Gasteiger charge is 2.29. The monoisotopic (exact) mass is 464 g/mol. The van der Waals surface area contributed by atoms with Crippen molar-refractivity contribution in [1.82, 2.24) is 9.88 Å². The smallest absolute Gasteiger partial charge is 0.126 e. The highest BCUT2D eigenvalue weighted by molar-refractivity contribution is 5.83. The second-order valence-corrected chi connectivity index (χ2v) is 8.86. The second kappa shape index (κ2) is 11.4. The van der Waals surface area contributed by atoms with Gasteiger partial charge in [-0.05, 0) is 91.7 Å². The molecule has 0 spiro atoms. The lowest BCUT2D eigenvalue weighted by molar-refractivity contribution is 0.0708. The molecule has 0 aliphatic carbocycles. The van der Waals surface area contributed by atoms with Gasteiger partial charge in [0.05, 0.1) is 19.2 Å². The minimum atomic E-state index is -1.10. The summed E-state index contributed by atoms with van der Waals surface area (Å²) in [5, 5.41) is 10.8. The van der Waals surface area contributed by atoms with E-state index in [1.807, 2.05) is 18.2 Å². The molecule has 34 heavy (non-hydrogen) atoms. The maximum atomic E-state index is 15.3. The summed E-state index contributed by atoms with van der Waals surface area (Å²) in [6.07, 6.45) is 2.58. The average molecular weight is 465 g/mol. The van der Waals surface area contributed by atoms with Crippen molar-refractivity contribution in [2.24, 2.45) is 11.8 Å². The van der Waals surface area contributed by atoms with Crippen LogP contribution < -0.4 is 4.74 Å². The van der Waals surface area contributed by atoms with Gasteiger partial charge in [-0.1, -0.05) is 11.8 Å². The Morgan fingerprint density at radius 1 is 1.18 bits per heavy atom. The minimum Gasteiger partial charge on any atom is -0.497 e. The molecule has 2 heterocycles. The van der Waals surface area contributed by atoms with Crippen LogP contribution >= 0.6 is 0 Å².